The van der Waals surface area contributed by atoms with Gasteiger partial charge in [0.25, 0.3) is 5.91 Å². The summed E-state index contributed by atoms with van der Waals surface area (Å²) in [7, 11) is 0. The monoisotopic (exact) mass is 253 g/mol. The Morgan fingerprint density at radius 2 is 2.00 bits per heavy atom. The van der Waals surface area contributed by atoms with Gasteiger partial charge in [0.15, 0.2) is 0 Å². The standard InChI is InChI=1S/C14H11N3O2/c18-13-3-1-2-12(17-13)14(19)16-10-4-5-11-9(8-10)6-7-15-11/h1-8,15H,(H,16,19)(H,17,18). The summed E-state index contributed by atoms with van der Waals surface area (Å²) >= 11 is 0. The first-order valence-electron chi connectivity index (χ1n) is 5.80. The first-order valence-corrected chi connectivity index (χ1v) is 5.80. The molecule has 0 radical (unpaired) electrons. The second-order valence-electron chi connectivity index (χ2n) is 4.16. The molecule has 0 unspecified atom stereocenters. The summed E-state index contributed by atoms with van der Waals surface area (Å²) < 4.78 is 0. The Kier molecular flexibility index (Phi) is 2.64. The number of hydrogen-bond acceptors (Lipinski definition) is 2. The van der Waals surface area contributed by atoms with Crippen LogP contribution in [0.3, 0.4) is 0 Å². The molecule has 0 atom stereocenters. The number of benzene rings is 1. The molecule has 3 rings (SSSR count). The number of fused-ring (bicyclic) bond motifs is 1. The number of aromatic nitrogens is 2. The Balaban J connectivity index is 1.88. The molecule has 5 heteroatoms. The molecule has 0 fully saturated rings. The Hall–Kier alpha value is -2.82. The normalized spacial score (nSPS) is 10.5. The first-order chi connectivity index (χ1) is 9.22. The fourth-order valence-corrected chi connectivity index (χ4v) is 1.91. The molecule has 1 amide bonds. The van der Waals surface area contributed by atoms with Crippen LogP contribution in [0.15, 0.2) is 53.5 Å². The van der Waals surface area contributed by atoms with Crippen LogP contribution < -0.4 is 10.9 Å². The average Bonchev–Trinajstić information content (AvgIpc) is 2.86. The highest BCUT2D eigenvalue weighted by atomic mass is 16.2. The van der Waals surface area contributed by atoms with Crippen molar-refractivity contribution in [3.63, 3.8) is 0 Å². The minimum Gasteiger partial charge on any atom is -0.361 e. The average molecular weight is 253 g/mol. The molecule has 0 aliphatic carbocycles. The van der Waals surface area contributed by atoms with Crippen molar-refractivity contribution in [2.45, 2.75) is 0 Å². The van der Waals surface area contributed by atoms with Gasteiger partial charge in [-0.1, -0.05) is 6.07 Å². The van der Waals surface area contributed by atoms with Crippen LogP contribution >= 0.6 is 0 Å². The lowest BCUT2D eigenvalue weighted by Gasteiger charge is -2.05. The van der Waals surface area contributed by atoms with Crippen LogP contribution in [0.5, 0.6) is 0 Å². The highest BCUT2D eigenvalue weighted by molar-refractivity contribution is 6.03. The van der Waals surface area contributed by atoms with Gasteiger partial charge in [-0.3, -0.25) is 9.59 Å². The highest BCUT2D eigenvalue weighted by Crippen LogP contribution is 2.18. The number of rotatable bonds is 2. The zero-order valence-corrected chi connectivity index (χ0v) is 9.94. The fraction of sp³-hybridized carbons (Fsp3) is 0. The molecule has 0 aliphatic heterocycles. The molecule has 0 saturated heterocycles. The number of aromatic amines is 2. The summed E-state index contributed by atoms with van der Waals surface area (Å²) in [4.78, 5) is 28.7. The van der Waals surface area contributed by atoms with Crippen LogP contribution in [0.2, 0.25) is 0 Å². The van der Waals surface area contributed by atoms with Crippen molar-refractivity contribution in [3.8, 4) is 0 Å². The zero-order chi connectivity index (χ0) is 13.2. The summed E-state index contributed by atoms with van der Waals surface area (Å²) in [5, 5.41) is 3.76. The lowest BCUT2D eigenvalue weighted by molar-refractivity contribution is 0.102. The second-order valence-corrected chi connectivity index (χ2v) is 4.16. The van der Waals surface area contributed by atoms with Crippen LogP contribution in [0.1, 0.15) is 10.5 Å². The lowest BCUT2D eigenvalue weighted by atomic mass is 10.2. The van der Waals surface area contributed by atoms with E-state index < -0.39 is 0 Å². The third kappa shape index (κ3) is 2.26. The molecule has 1 aromatic carbocycles. The van der Waals surface area contributed by atoms with Gasteiger partial charge < -0.3 is 15.3 Å². The number of pyridine rings is 1. The van der Waals surface area contributed by atoms with E-state index in [1.807, 2.05) is 24.4 Å². The van der Waals surface area contributed by atoms with Crippen molar-refractivity contribution in [3.05, 3.63) is 64.7 Å². The fourth-order valence-electron chi connectivity index (χ4n) is 1.91. The Morgan fingerprint density at radius 1 is 1.11 bits per heavy atom. The number of H-pyrrole nitrogens is 2. The largest absolute Gasteiger partial charge is 0.361 e. The minimum atomic E-state index is -0.340. The van der Waals surface area contributed by atoms with Gasteiger partial charge in [0.2, 0.25) is 5.56 Å². The molecule has 5 nitrogen and oxygen atoms in total. The quantitative estimate of drug-likeness (QED) is 0.654. The zero-order valence-electron chi connectivity index (χ0n) is 9.94. The maximum Gasteiger partial charge on any atom is 0.272 e. The van der Waals surface area contributed by atoms with Gasteiger partial charge in [0.05, 0.1) is 0 Å². The summed E-state index contributed by atoms with van der Waals surface area (Å²) in [6, 6.07) is 12.0. The Morgan fingerprint density at radius 3 is 2.84 bits per heavy atom. The van der Waals surface area contributed by atoms with E-state index in [1.165, 1.54) is 6.07 Å². The first kappa shape index (κ1) is 11.3. The SMILES string of the molecule is O=C(Nc1ccc2[nH]ccc2c1)c1cccc(=O)[nH]1. The molecule has 0 saturated carbocycles. The van der Waals surface area contributed by atoms with Crippen LogP contribution in [0.25, 0.3) is 10.9 Å². The van der Waals surface area contributed by atoms with Crippen molar-refractivity contribution in [2.75, 3.05) is 5.32 Å². The molecule has 0 aliphatic rings. The number of anilines is 1. The van der Waals surface area contributed by atoms with Crippen LogP contribution in [0.4, 0.5) is 5.69 Å². The number of carbonyl (C=O) groups excluding carboxylic acids is 1. The maximum atomic E-state index is 12.0. The summed E-state index contributed by atoms with van der Waals surface area (Å²) in [6.07, 6.45) is 1.84. The molecular formula is C14H11N3O2. The minimum absolute atomic E-state index is 0.238. The molecule has 0 spiro atoms. The number of nitrogens with one attached hydrogen (secondary N) is 3. The molecule has 3 N–H and O–H groups in total. The van der Waals surface area contributed by atoms with E-state index in [1.54, 1.807) is 18.2 Å². The molecule has 0 bridgehead atoms. The molecular weight excluding hydrogens is 242 g/mol. The maximum absolute atomic E-state index is 12.0. The lowest BCUT2D eigenvalue weighted by Crippen LogP contribution is -2.17. The van der Waals surface area contributed by atoms with E-state index in [0.717, 1.165) is 10.9 Å². The third-order valence-electron chi connectivity index (χ3n) is 2.82. The summed E-state index contributed by atoms with van der Waals surface area (Å²) in [6.45, 7) is 0. The summed E-state index contributed by atoms with van der Waals surface area (Å²) in [5.41, 5.74) is 1.63. The predicted molar refractivity (Wildman–Crippen MR) is 73.3 cm³/mol. The van der Waals surface area contributed by atoms with Gasteiger partial charge in [-0.25, -0.2) is 0 Å². The summed E-state index contributed by atoms with van der Waals surface area (Å²) in [5.74, 6) is -0.340. The third-order valence-corrected chi connectivity index (χ3v) is 2.82. The van der Waals surface area contributed by atoms with Gasteiger partial charge in [-0.2, -0.15) is 0 Å². The second kappa shape index (κ2) is 4.45. The van der Waals surface area contributed by atoms with Gasteiger partial charge in [0.1, 0.15) is 5.69 Å². The van der Waals surface area contributed by atoms with E-state index in [-0.39, 0.29) is 17.2 Å². The van der Waals surface area contributed by atoms with Crippen LogP contribution in [0, 0.1) is 0 Å². The molecule has 3 aromatic rings. The van der Waals surface area contributed by atoms with Crippen molar-refractivity contribution in [2.24, 2.45) is 0 Å². The van der Waals surface area contributed by atoms with Crippen molar-refractivity contribution in [1.29, 1.82) is 0 Å². The van der Waals surface area contributed by atoms with Gasteiger partial charge in [-0.15, -0.1) is 0 Å². The van der Waals surface area contributed by atoms with E-state index in [2.05, 4.69) is 15.3 Å². The van der Waals surface area contributed by atoms with Gasteiger partial charge >= 0.3 is 0 Å². The molecule has 19 heavy (non-hydrogen) atoms. The van der Waals surface area contributed by atoms with Gasteiger partial charge in [0, 0.05) is 28.9 Å². The van der Waals surface area contributed by atoms with Crippen molar-refractivity contribution < 1.29 is 4.79 Å². The molecule has 2 heterocycles. The van der Waals surface area contributed by atoms with E-state index >= 15 is 0 Å². The van der Waals surface area contributed by atoms with E-state index in [4.69, 9.17) is 0 Å². The van der Waals surface area contributed by atoms with Crippen molar-refractivity contribution >= 4 is 22.5 Å². The van der Waals surface area contributed by atoms with E-state index in [9.17, 15) is 9.59 Å². The topological polar surface area (TPSA) is 77.8 Å². The molecule has 2 aromatic heterocycles. The van der Waals surface area contributed by atoms with Crippen LogP contribution in [-0.2, 0) is 0 Å². The number of amides is 1. The highest BCUT2D eigenvalue weighted by Gasteiger charge is 2.07. The van der Waals surface area contributed by atoms with Gasteiger partial charge in [-0.05, 0) is 30.3 Å². The molecule has 94 valence electrons. The Bertz CT molecular complexity index is 801. The van der Waals surface area contributed by atoms with Crippen LogP contribution in [-0.4, -0.2) is 15.9 Å². The number of hydrogen-bond donors (Lipinski definition) is 3. The van der Waals surface area contributed by atoms with Crippen molar-refractivity contribution in [1.82, 2.24) is 9.97 Å². The van der Waals surface area contributed by atoms with E-state index in [0.29, 0.717) is 5.69 Å². The predicted octanol–water partition coefficient (Wildman–Crippen LogP) is 2.11. The Labute approximate surface area is 108 Å². The smallest absolute Gasteiger partial charge is 0.272 e. The number of carbonyl (C=O) groups is 1.